The van der Waals surface area contributed by atoms with Gasteiger partial charge in [-0.1, -0.05) is 75.1 Å². The van der Waals surface area contributed by atoms with Gasteiger partial charge in [-0.3, -0.25) is 9.59 Å². The van der Waals surface area contributed by atoms with Crippen LogP contribution in [-0.4, -0.2) is 72.0 Å². The Bertz CT molecular complexity index is 1560. The number of benzene rings is 2. The largest absolute Gasteiger partial charge is 0.390 e. The topological polar surface area (TPSA) is 116 Å². The van der Waals surface area contributed by atoms with E-state index in [0.29, 0.717) is 32.2 Å². The molecule has 0 heterocycles. The van der Waals surface area contributed by atoms with Crippen LogP contribution in [0.1, 0.15) is 80.8 Å². The van der Waals surface area contributed by atoms with Crippen molar-refractivity contribution in [3.63, 3.8) is 0 Å². The molecule has 0 fully saturated rings. The Morgan fingerprint density at radius 1 is 1.04 bits per heavy atom. The molecule has 2 aromatic rings. The summed E-state index contributed by atoms with van der Waals surface area (Å²) in [6.45, 7) is 7.90. The molecule has 12 heteroatoms. The number of halogens is 3. The third kappa shape index (κ3) is 12.9. The molecule has 0 bridgehead atoms. The van der Waals surface area contributed by atoms with Gasteiger partial charge >= 0.3 is 0 Å². The minimum atomic E-state index is -3.87. The van der Waals surface area contributed by atoms with Crippen LogP contribution in [0, 0.1) is 24.5 Å². The van der Waals surface area contributed by atoms with Crippen LogP contribution in [0.2, 0.25) is 0 Å². The molecule has 1 aliphatic carbocycles. The fraction of sp³-hybridized carbons (Fsp3) is 0.514. The highest BCUT2D eigenvalue weighted by Gasteiger charge is 2.35. The number of nitrogens with one attached hydrogen (secondary N) is 2. The second kappa shape index (κ2) is 19.3. The van der Waals surface area contributed by atoms with Crippen molar-refractivity contribution in [3.05, 3.63) is 94.6 Å². The molecular weight excluding hydrogens is 672 g/mol. The second-order valence-corrected chi connectivity index (χ2v) is 15.7. The van der Waals surface area contributed by atoms with Gasteiger partial charge in [-0.05, 0) is 86.6 Å². The van der Waals surface area contributed by atoms with E-state index in [-0.39, 0.29) is 30.0 Å². The first kappa shape index (κ1) is 40.3. The number of carbonyl (C=O) groups excluding carboxylic acids is 2. The molecule has 0 spiro atoms. The second-order valence-electron chi connectivity index (χ2n) is 12.9. The van der Waals surface area contributed by atoms with Crippen LogP contribution >= 0.6 is 11.8 Å². The van der Waals surface area contributed by atoms with Crippen LogP contribution in [0.3, 0.4) is 0 Å². The van der Waals surface area contributed by atoms with Crippen LogP contribution in [-0.2, 0) is 21.1 Å². The van der Waals surface area contributed by atoms with Crippen LogP contribution in [0.5, 0.6) is 0 Å². The van der Waals surface area contributed by atoms with E-state index in [1.807, 2.05) is 13.8 Å². The van der Waals surface area contributed by atoms with Crippen molar-refractivity contribution in [3.8, 4) is 0 Å². The molecule has 0 radical (unpaired) electrons. The lowest BCUT2D eigenvalue weighted by atomic mass is 9.94. The summed E-state index contributed by atoms with van der Waals surface area (Å²) < 4.78 is 57.1. The van der Waals surface area contributed by atoms with Crippen molar-refractivity contribution in [1.82, 2.24) is 15.1 Å². The van der Waals surface area contributed by atoms with Gasteiger partial charge in [0.1, 0.15) is 17.7 Å². The van der Waals surface area contributed by atoms with Gasteiger partial charge in [0, 0.05) is 24.7 Å². The van der Waals surface area contributed by atoms with E-state index in [0.717, 1.165) is 36.6 Å². The van der Waals surface area contributed by atoms with Gasteiger partial charge in [0.05, 0.1) is 23.1 Å². The highest BCUT2D eigenvalue weighted by Crippen LogP contribution is 2.22. The molecule has 0 aromatic heterocycles. The van der Waals surface area contributed by atoms with Crippen molar-refractivity contribution in [2.75, 3.05) is 18.8 Å². The van der Waals surface area contributed by atoms with Crippen molar-refractivity contribution in [2.24, 2.45) is 5.92 Å². The Morgan fingerprint density at radius 3 is 2.33 bits per heavy atom. The van der Waals surface area contributed by atoms with E-state index in [4.69, 9.17) is 11.8 Å². The molecule has 2 amide bonds. The summed E-state index contributed by atoms with van der Waals surface area (Å²) in [5, 5.41) is 16.0. The number of hydrogen-bond donors (Lipinski definition) is 3. The Hall–Kier alpha value is -3.12. The molecular formula is C37H50ClF2N3O5S. The van der Waals surface area contributed by atoms with Crippen molar-refractivity contribution in [2.45, 2.75) is 96.1 Å². The molecule has 0 saturated carbocycles. The Morgan fingerprint density at radius 2 is 1.71 bits per heavy atom. The minimum Gasteiger partial charge on any atom is -0.390 e. The summed E-state index contributed by atoms with van der Waals surface area (Å²) >= 11 is 6.58. The first-order valence-electron chi connectivity index (χ1n) is 17.0. The summed E-state index contributed by atoms with van der Waals surface area (Å²) in [4.78, 5) is 27.3. The number of aryl methyl sites for hydroxylation is 1. The van der Waals surface area contributed by atoms with E-state index in [9.17, 15) is 31.9 Å². The van der Waals surface area contributed by atoms with E-state index >= 15 is 0 Å². The standard InChI is InChI=1S/C37H50ClF2N3O5S/c1-5-10-32(11-6-2)49(47,48)24-34(42-36(45)29-15-8-12-25(4)16-29)37(46)41-33(20-28-18-30(39)21-31(40)19-28)35(44)23-43(38)22-27-14-9-13-26(7-3)17-27/h8-9,12-13,15-19,21,27,32-35,44H,5-7,10-11,14,20,22-24H2,1-4H3,(H,41,46)(H,42,45)/t27?,33-,34?,35+/m0/s1. The lowest BCUT2D eigenvalue weighted by Gasteiger charge is -2.30. The van der Waals surface area contributed by atoms with Gasteiger partial charge < -0.3 is 15.7 Å². The van der Waals surface area contributed by atoms with Crippen LogP contribution < -0.4 is 10.6 Å². The normalized spacial score (nSPS) is 16.7. The number of nitrogens with zero attached hydrogens (tertiary/aromatic N) is 1. The fourth-order valence-corrected chi connectivity index (χ4v) is 8.60. The molecule has 2 aromatic carbocycles. The summed E-state index contributed by atoms with van der Waals surface area (Å²) in [5.74, 6) is -3.72. The number of rotatable bonds is 19. The number of hydrogen-bond acceptors (Lipinski definition) is 6. The molecule has 0 aliphatic heterocycles. The zero-order valence-corrected chi connectivity index (χ0v) is 30.4. The molecule has 8 nitrogen and oxygen atoms in total. The molecule has 270 valence electrons. The highest BCUT2D eigenvalue weighted by atomic mass is 35.5. The van der Waals surface area contributed by atoms with Crippen LogP contribution in [0.25, 0.3) is 0 Å². The van der Waals surface area contributed by atoms with Gasteiger partial charge in [-0.25, -0.2) is 21.6 Å². The van der Waals surface area contributed by atoms with E-state index in [2.05, 4.69) is 35.8 Å². The molecule has 1 aliphatic rings. The maximum atomic E-state index is 14.2. The molecule has 2 unspecified atom stereocenters. The quantitative estimate of drug-likeness (QED) is 0.149. The molecule has 3 N–H and O–H groups in total. The van der Waals surface area contributed by atoms with Crippen LogP contribution in [0.15, 0.2) is 66.3 Å². The number of aliphatic hydroxyl groups is 1. The third-order valence-corrected chi connectivity index (χ3v) is 11.2. The van der Waals surface area contributed by atoms with Crippen molar-refractivity contribution >= 4 is 33.4 Å². The first-order chi connectivity index (χ1) is 23.2. The SMILES string of the molecule is CCCC(CCC)S(=O)(=O)CC(NC(=O)c1cccc(C)c1)C(=O)N[C@@H](Cc1cc(F)cc(F)c1)[C@H](O)CN(Cl)CC1C=C(CC)C=CC1. The smallest absolute Gasteiger partial charge is 0.251 e. The Kier molecular flexibility index (Phi) is 15.9. The van der Waals surface area contributed by atoms with E-state index in [1.165, 1.54) is 9.99 Å². The summed E-state index contributed by atoms with van der Waals surface area (Å²) in [6.07, 6.45) is 8.41. The predicted octanol–water partition coefficient (Wildman–Crippen LogP) is 6.21. The van der Waals surface area contributed by atoms with Gasteiger partial charge in [0.15, 0.2) is 9.84 Å². The lowest BCUT2D eigenvalue weighted by molar-refractivity contribution is -0.124. The van der Waals surface area contributed by atoms with Gasteiger partial charge in [0.2, 0.25) is 5.91 Å². The molecule has 3 rings (SSSR count). The zero-order valence-electron chi connectivity index (χ0n) is 28.8. The Labute approximate surface area is 295 Å². The molecule has 0 saturated heterocycles. The number of aliphatic hydroxyl groups excluding tert-OH is 1. The Balaban J connectivity index is 1.91. The summed E-state index contributed by atoms with van der Waals surface area (Å²) in [7, 11) is -3.87. The first-order valence-corrected chi connectivity index (χ1v) is 19.1. The predicted molar refractivity (Wildman–Crippen MR) is 191 cm³/mol. The monoisotopic (exact) mass is 721 g/mol. The summed E-state index contributed by atoms with van der Waals surface area (Å²) in [5.41, 5.74) is 2.38. The number of sulfone groups is 1. The average Bonchev–Trinajstić information content (AvgIpc) is 3.03. The average molecular weight is 722 g/mol. The minimum absolute atomic E-state index is 0.0978. The zero-order chi connectivity index (χ0) is 36.1. The molecule has 49 heavy (non-hydrogen) atoms. The maximum absolute atomic E-state index is 14.2. The highest BCUT2D eigenvalue weighted by molar-refractivity contribution is 7.92. The van der Waals surface area contributed by atoms with Crippen LogP contribution in [0.4, 0.5) is 8.78 Å². The van der Waals surface area contributed by atoms with Crippen molar-refractivity contribution in [1.29, 1.82) is 0 Å². The van der Waals surface area contributed by atoms with Gasteiger partial charge in [0.25, 0.3) is 5.91 Å². The number of allylic oxidation sites excluding steroid dienone is 3. The summed E-state index contributed by atoms with van der Waals surface area (Å²) in [6, 6.07) is 6.91. The fourth-order valence-electron chi connectivity index (χ4n) is 6.12. The van der Waals surface area contributed by atoms with Crippen molar-refractivity contribution < 1.29 is 31.9 Å². The molecule has 4 atom stereocenters. The third-order valence-electron chi connectivity index (χ3n) is 8.65. The number of amides is 2. The maximum Gasteiger partial charge on any atom is 0.251 e. The van der Waals surface area contributed by atoms with Gasteiger partial charge in [-0.15, -0.1) is 0 Å². The number of carbonyl (C=O) groups is 2. The van der Waals surface area contributed by atoms with E-state index < -0.39 is 62.5 Å². The lowest BCUT2D eigenvalue weighted by Crippen LogP contribution is -2.57. The van der Waals surface area contributed by atoms with Gasteiger partial charge in [-0.2, -0.15) is 0 Å². The van der Waals surface area contributed by atoms with E-state index in [1.54, 1.807) is 31.2 Å².